The van der Waals surface area contributed by atoms with Crippen molar-refractivity contribution in [2.24, 2.45) is 0 Å². The molecule has 1 aliphatic rings. The van der Waals surface area contributed by atoms with E-state index in [1.165, 1.54) is 5.56 Å². The van der Waals surface area contributed by atoms with Crippen LogP contribution in [0.4, 0.5) is 0 Å². The molecule has 2 nitrogen and oxygen atoms in total. The van der Waals surface area contributed by atoms with E-state index in [2.05, 4.69) is 31.8 Å². The predicted molar refractivity (Wildman–Crippen MR) is 73.0 cm³/mol. The van der Waals surface area contributed by atoms with Crippen LogP contribution >= 0.6 is 11.6 Å². The standard InChI is InChI=1S/C13H19ClO2Si/c1-15-13(16-17(2,3)4)9-12(13)10-5-7-11(14)8-6-10/h5-8,12H,9H2,1-4H3/t12-,13-/m1/s1. The van der Waals surface area contributed by atoms with Crippen LogP contribution in [-0.2, 0) is 9.16 Å². The second-order valence-electron chi connectivity index (χ2n) is 5.54. The fourth-order valence-corrected chi connectivity index (χ4v) is 3.66. The monoisotopic (exact) mass is 270 g/mol. The first-order valence-electron chi connectivity index (χ1n) is 5.87. The van der Waals surface area contributed by atoms with Crippen LogP contribution in [0, 0.1) is 0 Å². The molecule has 0 saturated heterocycles. The fourth-order valence-electron chi connectivity index (χ4n) is 2.19. The maximum absolute atomic E-state index is 6.17. The Hall–Kier alpha value is -0.353. The number of hydrogen-bond donors (Lipinski definition) is 0. The lowest BCUT2D eigenvalue weighted by molar-refractivity contribution is -0.0904. The largest absolute Gasteiger partial charge is 0.390 e. The Labute approximate surface area is 109 Å². The lowest BCUT2D eigenvalue weighted by atomic mass is 10.1. The van der Waals surface area contributed by atoms with E-state index in [0.29, 0.717) is 5.92 Å². The van der Waals surface area contributed by atoms with E-state index in [0.717, 1.165) is 11.4 Å². The first-order chi connectivity index (χ1) is 7.86. The summed E-state index contributed by atoms with van der Waals surface area (Å²) < 4.78 is 11.8. The van der Waals surface area contributed by atoms with E-state index in [1.807, 2.05) is 12.1 Å². The number of ether oxygens (including phenoxy) is 1. The van der Waals surface area contributed by atoms with Gasteiger partial charge in [-0.1, -0.05) is 23.7 Å². The highest BCUT2D eigenvalue weighted by Gasteiger charge is 2.58. The number of methoxy groups -OCH3 is 1. The van der Waals surface area contributed by atoms with Gasteiger partial charge in [0.1, 0.15) is 0 Å². The first-order valence-corrected chi connectivity index (χ1v) is 9.66. The third kappa shape index (κ3) is 2.91. The van der Waals surface area contributed by atoms with E-state index >= 15 is 0 Å². The Morgan fingerprint density at radius 3 is 2.29 bits per heavy atom. The number of rotatable bonds is 4. The van der Waals surface area contributed by atoms with Crippen molar-refractivity contribution < 1.29 is 9.16 Å². The van der Waals surface area contributed by atoms with Crippen LogP contribution < -0.4 is 0 Å². The summed E-state index contributed by atoms with van der Waals surface area (Å²) in [6, 6.07) is 7.96. The van der Waals surface area contributed by atoms with Gasteiger partial charge in [0.05, 0.1) is 0 Å². The summed E-state index contributed by atoms with van der Waals surface area (Å²) in [6.07, 6.45) is 0.940. The summed E-state index contributed by atoms with van der Waals surface area (Å²) in [4.78, 5) is 0. The molecule has 0 N–H and O–H groups in total. The molecule has 0 aromatic heterocycles. The molecule has 1 fully saturated rings. The Morgan fingerprint density at radius 2 is 1.82 bits per heavy atom. The average Bonchev–Trinajstić information content (AvgIpc) is 2.92. The molecular formula is C13H19ClO2Si. The van der Waals surface area contributed by atoms with Crippen molar-refractivity contribution >= 4 is 19.9 Å². The summed E-state index contributed by atoms with van der Waals surface area (Å²) in [5, 5.41) is 0.767. The lowest BCUT2D eigenvalue weighted by Gasteiger charge is -2.26. The smallest absolute Gasteiger partial charge is 0.187 e. The van der Waals surface area contributed by atoms with Crippen molar-refractivity contribution in [2.45, 2.75) is 37.8 Å². The Morgan fingerprint density at radius 1 is 1.24 bits per heavy atom. The Balaban J connectivity index is 2.13. The van der Waals surface area contributed by atoms with E-state index in [4.69, 9.17) is 20.8 Å². The van der Waals surface area contributed by atoms with E-state index in [1.54, 1.807) is 7.11 Å². The van der Waals surface area contributed by atoms with Crippen LogP contribution in [0.5, 0.6) is 0 Å². The molecular weight excluding hydrogens is 252 g/mol. The van der Waals surface area contributed by atoms with Crippen molar-refractivity contribution in [1.29, 1.82) is 0 Å². The topological polar surface area (TPSA) is 18.5 Å². The summed E-state index contributed by atoms with van der Waals surface area (Å²) in [7, 11) is 0.144. The molecule has 0 aliphatic heterocycles. The highest BCUT2D eigenvalue weighted by atomic mass is 35.5. The molecule has 1 aromatic carbocycles. The van der Waals surface area contributed by atoms with Gasteiger partial charge in [0.2, 0.25) is 0 Å². The second-order valence-corrected chi connectivity index (χ2v) is 10.4. The van der Waals surface area contributed by atoms with Crippen LogP contribution in [0.2, 0.25) is 24.7 Å². The average molecular weight is 271 g/mol. The second kappa shape index (κ2) is 4.39. The molecule has 0 heterocycles. The van der Waals surface area contributed by atoms with Crippen LogP contribution in [0.25, 0.3) is 0 Å². The van der Waals surface area contributed by atoms with Gasteiger partial charge in [0.25, 0.3) is 0 Å². The van der Waals surface area contributed by atoms with E-state index in [-0.39, 0.29) is 0 Å². The van der Waals surface area contributed by atoms with Crippen molar-refractivity contribution in [3.63, 3.8) is 0 Å². The highest BCUT2D eigenvalue weighted by molar-refractivity contribution is 6.69. The van der Waals surface area contributed by atoms with Crippen LogP contribution in [0.3, 0.4) is 0 Å². The minimum Gasteiger partial charge on any atom is -0.390 e. The molecule has 4 heteroatoms. The van der Waals surface area contributed by atoms with Crippen molar-refractivity contribution in [1.82, 2.24) is 0 Å². The van der Waals surface area contributed by atoms with Gasteiger partial charge in [-0.3, -0.25) is 0 Å². The third-order valence-corrected chi connectivity index (χ3v) is 4.17. The fraction of sp³-hybridized carbons (Fsp3) is 0.538. The summed E-state index contributed by atoms with van der Waals surface area (Å²) in [6.45, 7) is 6.56. The van der Waals surface area contributed by atoms with Gasteiger partial charge in [-0.2, -0.15) is 0 Å². The summed E-state index contributed by atoms with van der Waals surface area (Å²) in [5.74, 6) is -0.0466. The van der Waals surface area contributed by atoms with Crippen LogP contribution in [-0.4, -0.2) is 21.2 Å². The van der Waals surface area contributed by atoms with Gasteiger partial charge >= 0.3 is 0 Å². The molecule has 17 heavy (non-hydrogen) atoms. The molecule has 0 spiro atoms. The zero-order chi connectivity index (χ0) is 12.7. The lowest BCUT2D eigenvalue weighted by Crippen LogP contribution is -2.35. The minimum absolute atomic E-state index is 0.344. The molecule has 94 valence electrons. The number of benzene rings is 1. The summed E-state index contributed by atoms with van der Waals surface area (Å²) >= 11 is 5.89. The van der Waals surface area contributed by atoms with E-state index < -0.39 is 14.1 Å². The minimum atomic E-state index is -1.59. The quantitative estimate of drug-likeness (QED) is 0.608. The van der Waals surface area contributed by atoms with Crippen molar-refractivity contribution in [3.05, 3.63) is 34.9 Å². The predicted octanol–water partition coefficient (Wildman–Crippen LogP) is 4.02. The highest BCUT2D eigenvalue weighted by Crippen LogP contribution is 2.55. The molecule has 0 amide bonds. The molecule has 1 saturated carbocycles. The first kappa shape index (κ1) is 13.1. The van der Waals surface area contributed by atoms with Gasteiger partial charge in [-0.15, -0.1) is 0 Å². The van der Waals surface area contributed by atoms with E-state index in [9.17, 15) is 0 Å². The van der Waals surface area contributed by atoms with Gasteiger partial charge in [0, 0.05) is 24.5 Å². The zero-order valence-corrected chi connectivity index (χ0v) is 12.5. The van der Waals surface area contributed by atoms with Crippen LogP contribution in [0.15, 0.2) is 24.3 Å². The summed E-state index contributed by atoms with van der Waals surface area (Å²) in [5.41, 5.74) is 1.24. The van der Waals surface area contributed by atoms with Gasteiger partial charge < -0.3 is 9.16 Å². The molecule has 0 bridgehead atoms. The van der Waals surface area contributed by atoms with Crippen LogP contribution in [0.1, 0.15) is 17.9 Å². The molecule has 0 unspecified atom stereocenters. The van der Waals surface area contributed by atoms with Crippen molar-refractivity contribution in [3.8, 4) is 0 Å². The third-order valence-electron chi connectivity index (χ3n) is 2.96. The maximum Gasteiger partial charge on any atom is 0.187 e. The van der Waals surface area contributed by atoms with Gasteiger partial charge in [0.15, 0.2) is 14.1 Å². The maximum atomic E-state index is 6.17. The SMILES string of the molecule is CO[C@@]1(O[Si](C)(C)C)C[C@@H]1c1ccc(Cl)cc1. The normalized spacial score (nSPS) is 28.2. The Bertz CT molecular complexity index is 399. The number of halogens is 1. The Kier molecular flexibility index (Phi) is 3.38. The molecule has 0 radical (unpaired) electrons. The number of hydrogen-bond acceptors (Lipinski definition) is 2. The van der Waals surface area contributed by atoms with Gasteiger partial charge in [-0.05, 0) is 37.3 Å². The molecule has 1 aromatic rings. The van der Waals surface area contributed by atoms with Gasteiger partial charge in [-0.25, -0.2) is 0 Å². The zero-order valence-electron chi connectivity index (χ0n) is 10.8. The molecule has 2 atom stereocenters. The van der Waals surface area contributed by atoms with Crippen molar-refractivity contribution in [2.75, 3.05) is 7.11 Å². The molecule has 2 rings (SSSR count). The molecule has 1 aliphatic carbocycles.